The molecule has 0 saturated heterocycles. The van der Waals surface area contributed by atoms with Crippen molar-refractivity contribution >= 4 is 22.7 Å². The highest BCUT2D eigenvalue weighted by molar-refractivity contribution is 8.14. The molecular weight excluding hydrogens is 338 g/mol. The second kappa shape index (κ2) is 8.51. The van der Waals surface area contributed by atoms with Crippen molar-refractivity contribution in [2.75, 3.05) is 32.0 Å². The molecule has 134 valence electrons. The summed E-state index contributed by atoms with van der Waals surface area (Å²) in [5.41, 5.74) is 5.75. The minimum Gasteiger partial charge on any atom is -0.508 e. The fraction of sp³-hybridized carbons (Fsp3) is 0.444. The molecule has 1 aromatic rings. The van der Waals surface area contributed by atoms with E-state index < -0.39 is 0 Å². The van der Waals surface area contributed by atoms with Gasteiger partial charge in [-0.05, 0) is 42.0 Å². The molecule has 0 bridgehead atoms. The number of hydrogen-bond donors (Lipinski definition) is 3. The second-order valence-electron chi connectivity index (χ2n) is 6.29. The van der Waals surface area contributed by atoms with Crippen LogP contribution in [0.5, 0.6) is 5.75 Å². The Morgan fingerprint density at radius 2 is 2.28 bits per heavy atom. The Morgan fingerprint density at radius 1 is 1.40 bits per heavy atom. The van der Waals surface area contributed by atoms with Crippen molar-refractivity contribution in [2.24, 2.45) is 5.10 Å². The fourth-order valence-corrected chi connectivity index (χ4v) is 3.85. The number of hydrogen-bond acceptors (Lipinski definition) is 6. The summed E-state index contributed by atoms with van der Waals surface area (Å²) in [5.74, 6) is 1.08. The molecule has 0 aromatic heterocycles. The number of carbonyl (C=O) groups is 1. The molecular formula is C18H23N3O3S. The number of thioether (sulfide) groups is 1. The van der Waals surface area contributed by atoms with Gasteiger partial charge in [-0.3, -0.25) is 9.69 Å². The van der Waals surface area contributed by atoms with E-state index >= 15 is 0 Å². The third kappa shape index (κ3) is 4.84. The van der Waals surface area contributed by atoms with Crippen LogP contribution in [-0.2, 0) is 0 Å². The van der Waals surface area contributed by atoms with Gasteiger partial charge in [-0.25, -0.2) is 5.43 Å². The molecule has 6 nitrogen and oxygen atoms in total. The first-order chi connectivity index (χ1) is 12.2. The Balaban J connectivity index is 1.62. The Bertz CT molecular complexity index is 690. The van der Waals surface area contributed by atoms with Crippen molar-refractivity contribution in [1.29, 1.82) is 0 Å². The van der Waals surface area contributed by atoms with Crippen LogP contribution in [-0.4, -0.2) is 58.1 Å². The van der Waals surface area contributed by atoms with Crippen molar-refractivity contribution in [3.63, 3.8) is 0 Å². The number of aromatic hydroxyl groups is 1. The minimum absolute atomic E-state index is 0.0975. The number of carbonyl (C=O) groups excluding carboxylic acids is 1. The van der Waals surface area contributed by atoms with E-state index in [1.54, 1.807) is 12.1 Å². The van der Waals surface area contributed by atoms with Gasteiger partial charge in [0.15, 0.2) is 0 Å². The van der Waals surface area contributed by atoms with Crippen LogP contribution in [0.25, 0.3) is 0 Å². The lowest BCUT2D eigenvalue weighted by Gasteiger charge is -2.30. The van der Waals surface area contributed by atoms with Crippen LogP contribution in [0.15, 0.2) is 41.0 Å². The SMILES string of the molecule is O=C1NN=C(C2=CCN(CC(CCO)c3cccc(O)c3)CC2)CS1. The summed E-state index contributed by atoms with van der Waals surface area (Å²) in [6.45, 7) is 2.71. The molecule has 1 aromatic carbocycles. The number of phenolic OH excluding ortho intramolecular Hbond substituents is 1. The first kappa shape index (κ1) is 18.0. The summed E-state index contributed by atoms with van der Waals surface area (Å²) in [7, 11) is 0. The van der Waals surface area contributed by atoms with Gasteiger partial charge in [-0.15, -0.1) is 0 Å². The van der Waals surface area contributed by atoms with Crippen LogP contribution < -0.4 is 5.43 Å². The summed E-state index contributed by atoms with van der Waals surface area (Å²) < 4.78 is 0. The molecule has 0 fully saturated rings. The smallest absolute Gasteiger partial charge is 0.299 e. The number of phenols is 1. The molecule has 1 atom stereocenters. The Hall–Kier alpha value is -1.83. The molecule has 7 heteroatoms. The molecule has 0 spiro atoms. The summed E-state index contributed by atoms with van der Waals surface area (Å²) in [6, 6.07) is 7.29. The first-order valence-electron chi connectivity index (χ1n) is 8.46. The number of aliphatic hydroxyl groups is 1. The number of benzene rings is 1. The number of aliphatic hydroxyl groups excluding tert-OH is 1. The third-order valence-corrected chi connectivity index (χ3v) is 5.36. The van der Waals surface area contributed by atoms with E-state index in [0.717, 1.165) is 37.3 Å². The van der Waals surface area contributed by atoms with E-state index in [1.807, 2.05) is 12.1 Å². The van der Waals surface area contributed by atoms with Gasteiger partial charge < -0.3 is 10.2 Å². The molecule has 0 saturated carbocycles. The van der Waals surface area contributed by atoms with Gasteiger partial charge >= 0.3 is 0 Å². The lowest BCUT2D eigenvalue weighted by atomic mass is 9.94. The van der Waals surface area contributed by atoms with Crippen molar-refractivity contribution in [2.45, 2.75) is 18.8 Å². The summed E-state index contributed by atoms with van der Waals surface area (Å²) in [4.78, 5) is 13.5. The standard InChI is InChI=1S/C18H23N3O3S/c22-9-6-15(14-2-1-3-16(23)10-14)11-21-7-4-13(5-8-21)17-12-25-18(24)20-19-17/h1-4,10,15,22-23H,5-9,11-12H2,(H,20,24). The van der Waals surface area contributed by atoms with Gasteiger partial charge in [-0.2, -0.15) is 5.10 Å². The zero-order valence-electron chi connectivity index (χ0n) is 14.0. The number of amides is 1. The molecule has 2 aliphatic rings. The van der Waals surface area contributed by atoms with Gasteiger partial charge in [0, 0.05) is 32.0 Å². The number of nitrogens with one attached hydrogen (secondary N) is 1. The average Bonchev–Trinajstić information content (AvgIpc) is 2.63. The highest BCUT2D eigenvalue weighted by Gasteiger charge is 2.22. The maximum absolute atomic E-state index is 11.2. The van der Waals surface area contributed by atoms with Gasteiger partial charge in [0.2, 0.25) is 0 Å². The van der Waals surface area contributed by atoms with Gasteiger partial charge in [0.1, 0.15) is 5.75 Å². The zero-order chi connectivity index (χ0) is 17.6. The van der Waals surface area contributed by atoms with Crippen molar-refractivity contribution in [3.05, 3.63) is 41.5 Å². The Morgan fingerprint density at radius 3 is 2.92 bits per heavy atom. The number of rotatable bonds is 6. The minimum atomic E-state index is -0.0975. The number of nitrogens with zero attached hydrogens (tertiary/aromatic N) is 2. The van der Waals surface area contributed by atoms with E-state index in [-0.39, 0.29) is 23.5 Å². The lowest BCUT2D eigenvalue weighted by molar-refractivity contribution is 0.233. The van der Waals surface area contributed by atoms with Crippen molar-refractivity contribution in [3.8, 4) is 5.75 Å². The Kier molecular flexibility index (Phi) is 6.12. The summed E-state index contributed by atoms with van der Waals surface area (Å²) in [5, 5.41) is 23.1. The number of hydrazone groups is 1. The van der Waals surface area contributed by atoms with Crippen LogP contribution in [0, 0.1) is 0 Å². The quantitative estimate of drug-likeness (QED) is 0.724. The molecule has 3 rings (SSSR count). The molecule has 1 amide bonds. The van der Waals surface area contributed by atoms with E-state index in [9.17, 15) is 15.0 Å². The van der Waals surface area contributed by atoms with Crippen LogP contribution in [0.4, 0.5) is 4.79 Å². The molecule has 2 heterocycles. The van der Waals surface area contributed by atoms with Crippen LogP contribution in [0.1, 0.15) is 24.3 Å². The maximum Gasteiger partial charge on any atom is 0.299 e. The highest BCUT2D eigenvalue weighted by Crippen LogP contribution is 2.26. The zero-order valence-corrected chi connectivity index (χ0v) is 14.8. The molecule has 25 heavy (non-hydrogen) atoms. The Labute approximate surface area is 151 Å². The lowest BCUT2D eigenvalue weighted by Crippen LogP contribution is -2.35. The summed E-state index contributed by atoms with van der Waals surface area (Å²) >= 11 is 1.25. The van der Waals surface area contributed by atoms with Gasteiger partial charge in [0.25, 0.3) is 5.24 Å². The van der Waals surface area contributed by atoms with Crippen LogP contribution in [0.3, 0.4) is 0 Å². The molecule has 1 unspecified atom stereocenters. The van der Waals surface area contributed by atoms with Gasteiger partial charge in [-0.1, -0.05) is 30.0 Å². The molecule has 3 N–H and O–H groups in total. The molecule has 0 aliphatic carbocycles. The van der Waals surface area contributed by atoms with Crippen LogP contribution in [0.2, 0.25) is 0 Å². The molecule has 0 radical (unpaired) electrons. The molecule has 2 aliphatic heterocycles. The monoisotopic (exact) mass is 361 g/mol. The first-order valence-corrected chi connectivity index (χ1v) is 9.45. The van der Waals surface area contributed by atoms with Crippen molar-refractivity contribution < 1.29 is 15.0 Å². The normalized spacial score (nSPS) is 19.8. The van der Waals surface area contributed by atoms with Crippen LogP contribution >= 0.6 is 11.8 Å². The third-order valence-electron chi connectivity index (χ3n) is 4.58. The van der Waals surface area contributed by atoms with Crippen molar-refractivity contribution in [1.82, 2.24) is 10.3 Å². The largest absolute Gasteiger partial charge is 0.508 e. The predicted molar refractivity (Wildman–Crippen MR) is 100 cm³/mol. The average molecular weight is 361 g/mol. The van der Waals surface area contributed by atoms with E-state index in [1.165, 1.54) is 17.3 Å². The van der Waals surface area contributed by atoms with Gasteiger partial charge in [0.05, 0.1) is 5.71 Å². The van der Waals surface area contributed by atoms with E-state index in [2.05, 4.69) is 21.5 Å². The maximum atomic E-state index is 11.2. The predicted octanol–water partition coefficient (Wildman–Crippen LogP) is 2.30. The van der Waals surface area contributed by atoms with E-state index in [0.29, 0.717) is 12.2 Å². The topological polar surface area (TPSA) is 85.2 Å². The second-order valence-corrected chi connectivity index (χ2v) is 7.24. The fourth-order valence-electron chi connectivity index (χ4n) is 3.22. The van der Waals surface area contributed by atoms with E-state index in [4.69, 9.17) is 0 Å². The highest BCUT2D eigenvalue weighted by atomic mass is 32.2. The summed E-state index contributed by atoms with van der Waals surface area (Å²) in [6.07, 6.45) is 3.76.